The molecule has 3 rings (SSSR count). The molecule has 4 atom stereocenters. The van der Waals surface area contributed by atoms with Crippen molar-refractivity contribution in [1.82, 2.24) is 4.90 Å². The molecule has 20 heavy (non-hydrogen) atoms. The zero-order valence-corrected chi connectivity index (χ0v) is 13.4. The van der Waals surface area contributed by atoms with Gasteiger partial charge in [0.05, 0.1) is 0 Å². The Hall–Kier alpha value is -0.300. The molecule has 1 saturated heterocycles. The van der Waals surface area contributed by atoms with E-state index in [1.807, 2.05) is 0 Å². The van der Waals surface area contributed by atoms with Crippen LogP contribution in [0.1, 0.15) is 64.7 Å². The van der Waals surface area contributed by atoms with E-state index in [1.165, 1.54) is 77.4 Å². The Balaban J connectivity index is 1.23. The maximum atomic E-state index is 2.78. The number of allylic oxidation sites excluding steroid dienone is 2. The third-order valence-corrected chi connectivity index (χ3v) is 6.07. The van der Waals surface area contributed by atoms with Crippen LogP contribution in [0, 0.1) is 23.7 Å². The maximum Gasteiger partial charge on any atom is 0.00188 e. The van der Waals surface area contributed by atoms with Crippen LogP contribution in [0.15, 0.2) is 12.2 Å². The standard InChI is InChI=1S/C19H33N/c1-2-3-4-5-6-7-8-9-12-20-14-18-16-10-11-17(13-16)19(18)15-20/h10-11,16-19H,2-9,12-15H2,1H3/t16-,17-,18-,19-/m0/s1. The monoisotopic (exact) mass is 275 g/mol. The third kappa shape index (κ3) is 3.30. The van der Waals surface area contributed by atoms with Crippen LogP contribution in [-0.2, 0) is 0 Å². The number of nitrogens with zero attached hydrogens (tertiary/aromatic N) is 1. The largest absolute Gasteiger partial charge is 0.303 e. The molecule has 114 valence electrons. The van der Waals surface area contributed by atoms with E-state index >= 15 is 0 Å². The summed E-state index contributed by atoms with van der Waals surface area (Å²) < 4.78 is 0. The van der Waals surface area contributed by atoms with Gasteiger partial charge in [-0.05, 0) is 43.1 Å². The third-order valence-electron chi connectivity index (χ3n) is 6.07. The summed E-state index contributed by atoms with van der Waals surface area (Å²) in [7, 11) is 0. The number of hydrogen-bond acceptors (Lipinski definition) is 1. The van der Waals surface area contributed by atoms with Crippen LogP contribution in [0.3, 0.4) is 0 Å². The molecule has 0 aromatic rings. The fourth-order valence-electron chi connectivity index (χ4n) is 4.89. The summed E-state index contributed by atoms with van der Waals surface area (Å²) in [5.74, 6) is 3.96. The summed E-state index contributed by atoms with van der Waals surface area (Å²) in [6.45, 7) is 6.49. The Morgan fingerprint density at radius 1 is 0.800 bits per heavy atom. The van der Waals surface area contributed by atoms with Gasteiger partial charge >= 0.3 is 0 Å². The van der Waals surface area contributed by atoms with E-state index in [2.05, 4.69) is 24.0 Å². The molecule has 0 radical (unpaired) electrons. The average Bonchev–Trinajstić information content (AvgIpc) is 3.13. The van der Waals surface area contributed by atoms with Gasteiger partial charge < -0.3 is 4.90 Å². The minimum Gasteiger partial charge on any atom is -0.303 e. The Morgan fingerprint density at radius 2 is 1.35 bits per heavy atom. The predicted octanol–water partition coefficient (Wildman–Crippen LogP) is 4.88. The molecule has 2 fully saturated rings. The maximum absolute atomic E-state index is 2.78. The first-order valence-electron chi connectivity index (χ1n) is 9.29. The van der Waals surface area contributed by atoms with Crippen LogP contribution < -0.4 is 0 Å². The first kappa shape index (κ1) is 14.6. The molecular weight excluding hydrogens is 242 g/mol. The van der Waals surface area contributed by atoms with Crippen molar-refractivity contribution in [2.75, 3.05) is 19.6 Å². The molecule has 0 N–H and O–H groups in total. The van der Waals surface area contributed by atoms with Gasteiger partial charge in [0.15, 0.2) is 0 Å². The van der Waals surface area contributed by atoms with Gasteiger partial charge in [-0.2, -0.15) is 0 Å². The summed E-state index contributed by atoms with van der Waals surface area (Å²) in [5.41, 5.74) is 0. The van der Waals surface area contributed by atoms with E-state index in [0.717, 1.165) is 23.7 Å². The van der Waals surface area contributed by atoms with E-state index in [0.29, 0.717) is 0 Å². The molecule has 1 saturated carbocycles. The number of unbranched alkanes of at least 4 members (excludes halogenated alkanes) is 7. The molecule has 1 nitrogen and oxygen atoms in total. The van der Waals surface area contributed by atoms with Crippen molar-refractivity contribution in [3.05, 3.63) is 12.2 Å². The molecule has 2 aliphatic carbocycles. The number of likely N-dealkylation sites (tertiary alicyclic amines) is 1. The van der Waals surface area contributed by atoms with Crippen molar-refractivity contribution in [3.8, 4) is 0 Å². The van der Waals surface area contributed by atoms with E-state index in [4.69, 9.17) is 0 Å². The van der Waals surface area contributed by atoms with Gasteiger partial charge in [0.25, 0.3) is 0 Å². The van der Waals surface area contributed by atoms with Gasteiger partial charge in [0, 0.05) is 13.1 Å². The molecule has 3 aliphatic rings. The van der Waals surface area contributed by atoms with Crippen LogP contribution in [0.25, 0.3) is 0 Å². The molecule has 0 spiro atoms. The fraction of sp³-hybridized carbons (Fsp3) is 0.895. The minimum absolute atomic E-state index is 0.952. The highest BCUT2D eigenvalue weighted by molar-refractivity contribution is 5.16. The van der Waals surface area contributed by atoms with Crippen LogP contribution in [0.2, 0.25) is 0 Å². The number of fused-ring (bicyclic) bond motifs is 5. The highest BCUT2D eigenvalue weighted by atomic mass is 15.2. The van der Waals surface area contributed by atoms with Crippen LogP contribution in [0.5, 0.6) is 0 Å². The van der Waals surface area contributed by atoms with Crippen molar-refractivity contribution in [1.29, 1.82) is 0 Å². The van der Waals surface area contributed by atoms with Crippen molar-refractivity contribution >= 4 is 0 Å². The summed E-state index contributed by atoms with van der Waals surface area (Å²) in [6.07, 6.45) is 18.1. The topological polar surface area (TPSA) is 3.24 Å². The summed E-state index contributed by atoms with van der Waals surface area (Å²) in [6, 6.07) is 0. The van der Waals surface area contributed by atoms with Crippen LogP contribution in [0.4, 0.5) is 0 Å². The Morgan fingerprint density at radius 3 is 1.95 bits per heavy atom. The second-order valence-corrected chi connectivity index (χ2v) is 7.51. The Kier molecular flexibility index (Phi) is 5.20. The lowest BCUT2D eigenvalue weighted by atomic mass is 9.86. The zero-order chi connectivity index (χ0) is 13.8. The SMILES string of the molecule is CCCCCCCCCCN1C[C@@H]2[C@@H](C1)[C@H]1C=C[C@H]2C1. The van der Waals surface area contributed by atoms with Crippen molar-refractivity contribution in [3.63, 3.8) is 0 Å². The molecule has 0 aromatic carbocycles. The van der Waals surface area contributed by atoms with Gasteiger partial charge in [-0.3, -0.25) is 0 Å². The van der Waals surface area contributed by atoms with E-state index in [9.17, 15) is 0 Å². The van der Waals surface area contributed by atoms with Crippen molar-refractivity contribution < 1.29 is 0 Å². The quantitative estimate of drug-likeness (QED) is 0.428. The van der Waals surface area contributed by atoms with E-state index < -0.39 is 0 Å². The summed E-state index contributed by atoms with van der Waals surface area (Å²) in [4.78, 5) is 2.78. The van der Waals surface area contributed by atoms with Crippen LogP contribution in [-0.4, -0.2) is 24.5 Å². The lowest BCUT2D eigenvalue weighted by Gasteiger charge is -2.17. The van der Waals surface area contributed by atoms with Gasteiger partial charge in [-0.25, -0.2) is 0 Å². The second-order valence-electron chi connectivity index (χ2n) is 7.51. The van der Waals surface area contributed by atoms with Crippen molar-refractivity contribution in [2.24, 2.45) is 23.7 Å². The first-order valence-corrected chi connectivity index (χ1v) is 9.29. The summed E-state index contributed by atoms with van der Waals surface area (Å²) >= 11 is 0. The molecule has 1 heterocycles. The molecule has 0 unspecified atom stereocenters. The van der Waals surface area contributed by atoms with E-state index in [-0.39, 0.29) is 0 Å². The molecule has 0 aromatic heterocycles. The molecule has 1 aliphatic heterocycles. The highest BCUT2D eigenvalue weighted by Gasteiger charge is 2.48. The van der Waals surface area contributed by atoms with Gasteiger partial charge in [-0.15, -0.1) is 0 Å². The minimum atomic E-state index is 0.952. The molecule has 1 heteroatoms. The number of hydrogen-bond donors (Lipinski definition) is 0. The van der Waals surface area contributed by atoms with Crippen molar-refractivity contribution in [2.45, 2.75) is 64.7 Å². The summed E-state index contributed by atoms with van der Waals surface area (Å²) in [5, 5.41) is 0. The Bertz CT molecular complexity index is 302. The van der Waals surface area contributed by atoms with Crippen LogP contribution >= 0.6 is 0 Å². The smallest absolute Gasteiger partial charge is 0.00188 e. The fourth-order valence-corrected chi connectivity index (χ4v) is 4.89. The van der Waals surface area contributed by atoms with Gasteiger partial charge in [0.1, 0.15) is 0 Å². The molecular formula is C19H33N. The molecule has 0 amide bonds. The average molecular weight is 275 g/mol. The Labute approximate surface area is 125 Å². The molecule has 2 bridgehead atoms. The van der Waals surface area contributed by atoms with E-state index in [1.54, 1.807) is 0 Å². The van der Waals surface area contributed by atoms with Gasteiger partial charge in [-0.1, -0.05) is 64.0 Å². The number of rotatable bonds is 9. The lowest BCUT2D eigenvalue weighted by Crippen LogP contribution is -2.24. The predicted molar refractivity (Wildman–Crippen MR) is 86.8 cm³/mol. The second kappa shape index (κ2) is 7.11. The van der Waals surface area contributed by atoms with Gasteiger partial charge in [0.2, 0.25) is 0 Å². The zero-order valence-electron chi connectivity index (χ0n) is 13.4. The first-order chi connectivity index (χ1) is 9.88. The normalized spacial score (nSPS) is 35.0. The lowest BCUT2D eigenvalue weighted by molar-refractivity contribution is 0.291. The highest BCUT2D eigenvalue weighted by Crippen LogP contribution is 2.51.